The summed E-state index contributed by atoms with van der Waals surface area (Å²) >= 11 is 4.27. The molecule has 7 heteroatoms. The lowest BCUT2D eigenvalue weighted by atomic mass is 10.3. The molecule has 0 unspecified atom stereocenters. The number of carbonyl (C=O) groups is 1. The number of carbonyl (C=O) groups excluding carboxylic acids is 1. The van der Waals surface area contributed by atoms with Crippen molar-refractivity contribution in [2.45, 2.75) is 5.92 Å². The Labute approximate surface area is 97.2 Å². The molecule has 3 nitrogen and oxygen atoms in total. The number of hydrogen-bond acceptors (Lipinski definition) is 3. The maximum atomic E-state index is 12.6. The second-order valence-corrected chi connectivity index (χ2v) is 4.56. The van der Waals surface area contributed by atoms with Crippen molar-refractivity contribution in [2.24, 2.45) is 0 Å². The van der Waals surface area contributed by atoms with Gasteiger partial charge in [0.05, 0.1) is 6.54 Å². The highest BCUT2D eigenvalue weighted by atomic mass is 79.9. The number of nitrogens with one attached hydrogen (secondary N) is 1. The minimum atomic E-state index is -3.28. The Balaban J connectivity index is 2.55. The Morgan fingerprint density at radius 1 is 1.67 bits per heavy atom. The van der Waals surface area contributed by atoms with Gasteiger partial charge in [0.15, 0.2) is 0 Å². The molecule has 0 aromatic carbocycles. The van der Waals surface area contributed by atoms with Crippen molar-refractivity contribution in [3.63, 3.8) is 0 Å². The van der Waals surface area contributed by atoms with E-state index in [0.717, 1.165) is 11.3 Å². The Kier molecular flexibility index (Phi) is 4.18. The third-order valence-corrected chi connectivity index (χ3v) is 3.40. The summed E-state index contributed by atoms with van der Waals surface area (Å²) in [6.07, 6.45) is 0. The Hall–Kier alpha value is -0.530. The van der Waals surface area contributed by atoms with Crippen LogP contribution in [0.2, 0.25) is 0 Å². The predicted octanol–water partition coefficient (Wildman–Crippen LogP) is 1.87. The van der Waals surface area contributed by atoms with Crippen LogP contribution in [0.5, 0.6) is 0 Å². The molecule has 84 valence electrons. The SMILES string of the molecule is O=C(NCC(F)(F)CO)c1sccc1Br. The number of amides is 1. The topological polar surface area (TPSA) is 49.3 Å². The molecule has 0 atom stereocenters. The molecule has 1 aromatic heterocycles. The van der Waals surface area contributed by atoms with Crippen LogP contribution in [0.25, 0.3) is 0 Å². The quantitative estimate of drug-likeness (QED) is 0.892. The van der Waals surface area contributed by atoms with Gasteiger partial charge in [-0.15, -0.1) is 11.3 Å². The van der Waals surface area contributed by atoms with Crippen molar-refractivity contribution >= 4 is 33.2 Å². The second-order valence-electron chi connectivity index (χ2n) is 2.79. The molecular formula is C8H8BrF2NO2S. The fourth-order valence-corrected chi connectivity index (χ4v) is 2.27. The zero-order valence-corrected chi connectivity index (χ0v) is 9.87. The first-order valence-corrected chi connectivity index (χ1v) is 5.63. The summed E-state index contributed by atoms with van der Waals surface area (Å²) in [5.74, 6) is -3.86. The van der Waals surface area contributed by atoms with Gasteiger partial charge in [-0.2, -0.15) is 0 Å². The molecule has 0 bridgehead atoms. The summed E-state index contributed by atoms with van der Waals surface area (Å²) in [4.78, 5) is 11.7. The molecule has 0 aliphatic heterocycles. The fourth-order valence-electron chi connectivity index (χ4n) is 0.802. The Bertz CT molecular complexity index is 356. The van der Waals surface area contributed by atoms with E-state index < -0.39 is 25.0 Å². The Morgan fingerprint density at radius 3 is 2.80 bits per heavy atom. The van der Waals surface area contributed by atoms with E-state index in [1.54, 1.807) is 11.4 Å². The zero-order chi connectivity index (χ0) is 11.5. The summed E-state index contributed by atoms with van der Waals surface area (Å²) in [5, 5.41) is 12.0. The zero-order valence-electron chi connectivity index (χ0n) is 7.47. The number of aliphatic hydroxyl groups excluding tert-OH is 1. The van der Waals surface area contributed by atoms with Crippen LogP contribution < -0.4 is 5.32 Å². The van der Waals surface area contributed by atoms with Crippen molar-refractivity contribution < 1.29 is 18.7 Å². The molecule has 0 aliphatic carbocycles. The summed E-state index contributed by atoms with van der Waals surface area (Å²) in [6.45, 7) is -2.15. The lowest BCUT2D eigenvalue weighted by molar-refractivity contribution is -0.0461. The number of hydrogen-bond donors (Lipinski definition) is 2. The second kappa shape index (κ2) is 5.00. The smallest absolute Gasteiger partial charge is 0.287 e. The minimum absolute atomic E-state index is 0.337. The normalized spacial score (nSPS) is 11.5. The van der Waals surface area contributed by atoms with E-state index in [1.165, 1.54) is 0 Å². The molecule has 15 heavy (non-hydrogen) atoms. The van der Waals surface area contributed by atoms with Gasteiger partial charge in [-0.25, -0.2) is 8.78 Å². The summed E-state index contributed by atoms with van der Waals surface area (Å²) in [6, 6.07) is 1.66. The molecular weight excluding hydrogens is 292 g/mol. The van der Waals surface area contributed by atoms with Gasteiger partial charge in [0, 0.05) is 4.47 Å². The number of thiophene rings is 1. The van der Waals surface area contributed by atoms with E-state index in [1.807, 2.05) is 5.32 Å². The third-order valence-electron chi connectivity index (χ3n) is 1.56. The summed E-state index contributed by atoms with van der Waals surface area (Å²) in [7, 11) is 0. The number of aliphatic hydroxyl groups is 1. The number of alkyl halides is 2. The van der Waals surface area contributed by atoms with Crippen LogP contribution >= 0.6 is 27.3 Å². The van der Waals surface area contributed by atoms with Gasteiger partial charge in [0.1, 0.15) is 11.5 Å². The Morgan fingerprint density at radius 2 is 2.33 bits per heavy atom. The monoisotopic (exact) mass is 299 g/mol. The van der Waals surface area contributed by atoms with E-state index in [-0.39, 0.29) is 0 Å². The molecule has 1 rings (SSSR count). The summed E-state index contributed by atoms with van der Waals surface area (Å²) in [5.41, 5.74) is 0. The van der Waals surface area contributed by atoms with Crippen molar-refractivity contribution in [1.29, 1.82) is 0 Å². The number of halogens is 3. The van der Waals surface area contributed by atoms with Gasteiger partial charge >= 0.3 is 0 Å². The van der Waals surface area contributed by atoms with Gasteiger partial charge in [0.2, 0.25) is 0 Å². The molecule has 1 aromatic rings. The lowest BCUT2D eigenvalue weighted by Gasteiger charge is -2.13. The van der Waals surface area contributed by atoms with Crippen LogP contribution in [0.15, 0.2) is 15.9 Å². The van der Waals surface area contributed by atoms with Crippen molar-refractivity contribution in [2.75, 3.05) is 13.2 Å². The van der Waals surface area contributed by atoms with Gasteiger partial charge in [0.25, 0.3) is 11.8 Å². The molecule has 0 fully saturated rings. The molecule has 1 heterocycles. The number of rotatable bonds is 4. The van der Waals surface area contributed by atoms with Gasteiger partial charge in [-0.3, -0.25) is 4.79 Å². The van der Waals surface area contributed by atoms with E-state index in [4.69, 9.17) is 5.11 Å². The van der Waals surface area contributed by atoms with Gasteiger partial charge < -0.3 is 10.4 Å². The average molecular weight is 300 g/mol. The fraction of sp³-hybridized carbons (Fsp3) is 0.375. The first-order chi connectivity index (χ1) is 6.96. The van der Waals surface area contributed by atoms with Gasteiger partial charge in [-0.05, 0) is 27.4 Å². The average Bonchev–Trinajstić information content (AvgIpc) is 2.61. The maximum absolute atomic E-state index is 12.6. The lowest BCUT2D eigenvalue weighted by Crippen LogP contribution is -2.38. The standard InChI is InChI=1S/C8H8BrF2NO2S/c9-5-1-2-15-6(5)7(14)12-3-8(10,11)4-13/h1-2,13H,3-4H2,(H,12,14). The highest BCUT2D eigenvalue weighted by molar-refractivity contribution is 9.10. The molecule has 0 aliphatic rings. The summed E-state index contributed by atoms with van der Waals surface area (Å²) < 4.78 is 25.7. The van der Waals surface area contributed by atoms with Crippen LogP contribution in [-0.4, -0.2) is 30.1 Å². The first kappa shape index (κ1) is 12.5. The van der Waals surface area contributed by atoms with Crippen molar-refractivity contribution in [1.82, 2.24) is 5.32 Å². The first-order valence-electron chi connectivity index (χ1n) is 3.96. The van der Waals surface area contributed by atoms with E-state index in [9.17, 15) is 13.6 Å². The van der Waals surface area contributed by atoms with Crippen molar-refractivity contribution in [3.8, 4) is 0 Å². The molecule has 2 N–H and O–H groups in total. The van der Waals surface area contributed by atoms with Gasteiger partial charge in [-0.1, -0.05) is 0 Å². The van der Waals surface area contributed by atoms with Crippen LogP contribution in [0.1, 0.15) is 9.67 Å². The highest BCUT2D eigenvalue weighted by Gasteiger charge is 2.28. The van der Waals surface area contributed by atoms with Crippen LogP contribution in [0.4, 0.5) is 8.78 Å². The largest absolute Gasteiger partial charge is 0.390 e. The molecule has 1 amide bonds. The van der Waals surface area contributed by atoms with E-state index in [0.29, 0.717) is 9.35 Å². The van der Waals surface area contributed by atoms with Crippen LogP contribution in [0, 0.1) is 0 Å². The third kappa shape index (κ3) is 3.51. The van der Waals surface area contributed by atoms with Crippen LogP contribution in [-0.2, 0) is 0 Å². The van der Waals surface area contributed by atoms with Crippen molar-refractivity contribution in [3.05, 3.63) is 20.8 Å². The predicted molar refractivity (Wildman–Crippen MR) is 56.4 cm³/mol. The molecule has 0 saturated heterocycles. The molecule has 0 radical (unpaired) electrons. The molecule has 0 spiro atoms. The van der Waals surface area contributed by atoms with E-state index in [2.05, 4.69) is 15.9 Å². The van der Waals surface area contributed by atoms with E-state index >= 15 is 0 Å². The van der Waals surface area contributed by atoms with Crippen LogP contribution in [0.3, 0.4) is 0 Å². The highest BCUT2D eigenvalue weighted by Crippen LogP contribution is 2.22. The molecule has 0 saturated carbocycles. The minimum Gasteiger partial charge on any atom is -0.390 e. The maximum Gasteiger partial charge on any atom is 0.287 e.